The summed E-state index contributed by atoms with van der Waals surface area (Å²) in [6.07, 6.45) is 0. The molecule has 172 valence electrons. The molecule has 0 N–H and O–H groups in total. The summed E-state index contributed by atoms with van der Waals surface area (Å²) in [5, 5.41) is 4.36. The fourth-order valence-electron chi connectivity index (χ4n) is 3.30. The van der Waals surface area contributed by atoms with Crippen LogP contribution in [0.5, 0.6) is 11.5 Å². The first-order valence-electron chi connectivity index (χ1n) is 10.2. The second kappa shape index (κ2) is 10.2. The van der Waals surface area contributed by atoms with Crippen molar-refractivity contribution in [2.24, 2.45) is 7.05 Å². The third-order valence-electron chi connectivity index (χ3n) is 5.07. The fraction of sp³-hybridized carbons (Fsp3) is 0.348. The molecule has 0 saturated heterocycles. The van der Waals surface area contributed by atoms with E-state index in [4.69, 9.17) is 9.47 Å². The maximum atomic E-state index is 13.6. The molecule has 0 amide bonds. The molecule has 0 bridgehead atoms. The minimum Gasteiger partial charge on any atom is -0.497 e. The van der Waals surface area contributed by atoms with Gasteiger partial charge in [-0.15, -0.1) is 0 Å². The first-order valence-corrected chi connectivity index (χ1v) is 11.6. The van der Waals surface area contributed by atoms with Gasteiger partial charge in [-0.05, 0) is 49.5 Å². The van der Waals surface area contributed by atoms with Gasteiger partial charge < -0.3 is 14.4 Å². The normalized spacial score (nSPS) is 11.8. The van der Waals surface area contributed by atoms with E-state index in [0.29, 0.717) is 6.54 Å². The summed E-state index contributed by atoms with van der Waals surface area (Å²) in [4.78, 5) is 1.97. The predicted molar refractivity (Wildman–Crippen MR) is 123 cm³/mol. The lowest BCUT2D eigenvalue weighted by atomic mass is 10.2. The molecule has 0 spiro atoms. The topological polar surface area (TPSA) is 76.9 Å². The largest absolute Gasteiger partial charge is 0.497 e. The molecule has 0 aliphatic rings. The van der Waals surface area contributed by atoms with Crippen molar-refractivity contribution in [3.8, 4) is 11.5 Å². The standard InChI is InChI=1S/C23H30N4O4S/c1-25(2)17-20-14-23(24-26(20)3)32(28,29)27(15-18-6-10-21(30-4)11-7-18)16-19-8-12-22(31-5)13-9-19/h6-14H,15-17H2,1-5H3. The molecule has 1 heterocycles. The second-order valence-corrected chi connectivity index (χ2v) is 9.69. The molecule has 0 saturated carbocycles. The Hall–Kier alpha value is -2.88. The van der Waals surface area contributed by atoms with Gasteiger partial charge in [-0.3, -0.25) is 4.68 Å². The number of hydrogen-bond acceptors (Lipinski definition) is 6. The lowest BCUT2D eigenvalue weighted by Crippen LogP contribution is -2.30. The fourth-order valence-corrected chi connectivity index (χ4v) is 4.72. The van der Waals surface area contributed by atoms with Crippen LogP contribution < -0.4 is 9.47 Å². The van der Waals surface area contributed by atoms with Gasteiger partial charge in [0.25, 0.3) is 10.0 Å². The molecule has 3 rings (SSSR count). The van der Waals surface area contributed by atoms with Crippen LogP contribution in [0, 0.1) is 0 Å². The predicted octanol–water partition coefficient (Wildman–Crippen LogP) is 2.89. The third-order valence-corrected chi connectivity index (χ3v) is 6.74. The van der Waals surface area contributed by atoms with Crippen LogP contribution in [0.1, 0.15) is 16.8 Å². The van der Waals surface area contributed by atoms with E-state index in [9.17, 15) is 8.42 Å². The van der Waals surface area contributed by atoms with Crippen LogP contribution in [0.25, 0.3) is 0 Å². The zero-order chi connectivity index (χ0) is 23.3. The van der Waals surface area contributed by atoms with Crippen molar-refractivity contribution in [1.29, 1.82) is 0 Å². The number of rotatable bonds is 10. The smallest absolute Gasteiger partial charge is 0.262 e. The van der Waals surface area contributed by atoms with Crippen molar-refractivity contribution >= 4 is 10.0 Å². The number of methoxy groups -OCH3 is 2. The quantitative estimate of drug-likeness (QED) is 0.465. The highest BCUT2D eigenvalue weighted by atomic mass is 32.2. The van der Waals surface area contributed by atoms with Crippen LogP contribution in [-0.4, -0.2) is 55.7 Å². The summed E-state index contributed by atoms with van der Waals surface area (Å²) >= 11 is 0. The summed E-state index contributed by atoms with van der Waals surface area (Å²) in [6.45, 7) is 1.01. The maximum Gasteiger partial charge on any atom is 0.262 e. The Bertz CT molecular complexity index is 1070. The summed E-state index contributed by atoms with van der Waals surface area (Å²) in [6, 6.07) is 16.4. The van der Waals surface area contributed by atoms with Gasteiger partial charge in [-0.2, -0.15) is 9.40 Å². The molecule has 0 fully saturated rings. The average Bonchev–Trinajstić information content (AvgIpc) is 3.14. The highest BCUT2D eigenvalue weighted by molar-refractivity contribution is 7.89. The van der Waals surface area contributed by atoms with Crippen LogP contribution in [-0.2, 0) is 36.7 Å². The Kier molecular flexibility index (Phi) is 7.55. The molecule has 2 aromatic carbocycles. The molecular formula is C23H30N4O4S. The number of nitrogens with zero attached hydrogens (tertiary/aromatic N) is 4. The van der Waals surface area contributed by atoms with Crippen molar-refractivity contribution in [2.75, 3.05) is 28.3 Å². The Morgan fingerprint density at radius 1 is 0.844 bits per heavy atom. The molecule has 0 atom stereocenters. The van der Waals surface area contributed by atoms with E-state index in [1.807, 2.05) is 67.5 Å². The van der Waals surface area contributed by atoms with Crippen LogP contribution in [0.3, 0.4) is 0 Å². The molecule has 3 aromatic rings. The zero-order valence-corrected chi connectivity index (χ0v) is 20.0. The lowest BCUT2D eigenvalue weighted by Gasteiger charge is -2.21. The van der Waals surface area contributed by atoms with E-state index >= 15 is 0 Å². The molecule has 8 nitrogen and oxygen atoms in total. The number of aromatic nitrogens is 2. The van der Waals surface area contributed by atoms with E-state index in [1.54, 1.807) is 32.0 Å². The van der Waals surface area contributed by atoms with Gasteiger partial charge in [-0.1, -0.05) is 24.3 Å². The van der Waals surface area contributed by atoms with Gasteiger partial charge in [0.05, 0.1) is 19.9 Å². The van der Waals surface area contributed by atoms with Crippen LogP contribution >= 0.6 is 0 Å². The molecule has 32 heavy (non-hydrogen) atoms. The number of aryl methyl sites for hydroxylation is 1. The molecule has 1 aromatic heterocycles. The SMILES string of the molecule is COc1ccc(CN(Cc2ccc(OC)cc2)S(=O)(=O)c2cc(CN(C)C)n(C)n2)cc1. The van der Waals surface area contributed by atoms with Gasteiger partial charge in [0, 0.05) is 32.7 Å². The van der Waals surface area contributed by atoms with Gasteiger partial charge in [-0.25, -0.2) is 8.42 Å². The van der Waals surface area contributed by atoms with Crippen molar-refractivity contribution in [2.45, 2.75) is 24.7 Å². The van der Waals surface area contributed by atoms with E-state index in [1.165, 1.54) is 4.31 Å². The minimum absolute atomic E-state index is 0.0406. The van der Waals surface area contributed by atoms with Crippen LogP contribution in [0.2, 0.25) is 0 Å². The molecular weight excluding hydrogens is 428 g/mol. The minimum atomic E-state index is -3.85. The average molecular weight is 459 g/mol. The van der Waals surface area contributed by atoms with Gasteiger partial charge in [0.2, 0.25) is 0 Å². The van der Waals surface area contributed by atoms with Gasteiger partial charge in [0.15, 0.2) is 5.03 Å². The van der Waals surface area contributed by atoms with Crippen molar-refractivity contribution in [1.82, 2.24) is 19.0 Å². The van der Waals surface area contributed by atoms with E-state index in [2.05, 4.69) is 5.10 Å². The Morgan fingerprint density at radius 3 is 1.72 bits per heavy atom. The molecule has 0 aliphatic carbocycles. The zero-order valence-electron chi connectivity index (χ0n) is 19.1. The summed E-state index contributed by atoms with van der Waals surface area (Å²) < 4.78 is 40.7. The number of sulfonamides is 1. The third kappa shape index (κ3) is 5.67. The summed E-state index contributed by atoms with van der Waals surface area (Å²) in [5.41, 5.74) is 2.53. The lowest BCUT2D eigenvalue weighted by molar-refractivity contribution is 0.387. The first-order chi connectivity index (χ1) is 15.2. The highest BCUT2D eigenvalue weighted by Crippen LogP contribution is 2.23. The number of hydrogen-bond donors (Lipinski definition) is 0. The monoisotopic (exact) mass is 458 g/mol. The van der Waals surface area contributed by atoms with Gasteiger partial charge in [0.1, 0.15) is 11.5 Å². The van der Waals surface area contributed by atoms with Gasteiger partial charge >= 0.3 is 0 Å². The summed E-state index contributed by atoms with van der Waals surface area (Å²) in [5.74, 6) is 1.44. The van der Waals surface area contributed by atoms with Crippen LogP contribution in [0.4, 0.5) is 0 Å². The van der Waals surface area contributed by atoms with E-state index in [-0.39, 0.29) is 18.1 Å². The molecule has 9 heteroatoms. The van der Waals surface area contributed by atoms with Crippen molar-refractivity contribution < 1.29 is 17.9 Å². The second-order valence-electron chi connectivity index (χ2n) is 7.80. The van der Waals surface area contributed by atoms with E-state index < -0.39 is 10.0 Å². The molecule has 0 radical (unpaired) electrons. The first kappa shape index (κ1) is 23.8. The van der Waals surface area contributed by atoms with E-state index in [0.717, 1.165) is 28.3 Å². The number of ether oxygens (including phenoxy) is 2. The Labute approximate surface area is 190 Å². The number of benzene rings is 2. The Balaban J connectivity index is 1.95. The van der Waals surface area contributed by atoms with Crippen molar-refractivity contribution in [3.63, 3.8) is 0 Å². The molecule has 0 aliphatic heterocycles. The molecule has 0 unspecified atom stereocenters. The maximum absolute atomic E-state index is 13.6. The Morgan fingerprint density at radius 2 is 1.31 bits per heavy atom. The summed E-state index contributed by atoms with van der Waals surface area (Å²) in [7, 11) is 4.97. The van der Waals surface area contributed by atoms with Crippen molar-refractivity contribution in [3.05, 3.63) is 71.4 Å². The van der Waals surface area contributed by atoms with Crippen LogP contribution in [0.15, 0.2) is 59.6 Å². The highest BCUT2D eigenvalue weighted by Gasteiger charge is 2.28.